The molecule has 0 saturated heterocycles. The van der Waals surface area contributed by atoms with Crippen LogP contribution >= 0.6 is 0 Å². The van der Waals surface area contributed by atoms with Crippen LogP contribution in [0.5, 0.6) is 5.75 Å². The number of hydrogen-bond donors (Lipinski definition) is 0. The molecule has 0 fully saturated rings. The summed E-state index contributed by atoms with van der Waals surface area (Å²) >= 11 is 0. The summed E-state index contributed by atoms with van der Waals surface area (Å²) in [6, 6.07) is 8.11. The van der Waals surface area contributed by atoms with Crippen molar-refractivity contribution in [2.75, 3.05) is 13.2 Å². The molecule has 0 saturated carbocycles. The minimum Gasteiger partial charge on any atom is -0.493 e. The molecule has 0 aliphatic heterocycles. The van der Waals surface area contributed by atoms with Crippen molar-refractivity contribution in [3.8, 4) is 17.3 Å². The molecule has 174 valence electrons. The summed E-state index contributed by atoms with van der Waals surface area (Å²) in [5, 5.41) is 4.45. The lowest BCUT2D eigenvalue weighted by Gasteiger charge is -2.21. The van der Waals surface area contributed by atoms with E-state index in [-0.39, 0.29) is 5.97 Å². The normalized spacial score (nSPS) is 12.9. The minimum atomic E-state index is -0.152. The average Bonchev–Trinajstić information content (AvgIpc) is 3.34. The lowest BCUT2D eigenvalue weighted by atomic mass is 9.88. The summed E-state index contributed by atoms with van der Waals surface area (Å²) in [5.74, 6) is 2.08. The summed E-state index contributed by atoms with van der Waals surface area (Å²) in [5.41, 5.74) is 6.25. The summed E-state index contributed by atoms with van der Waals surface area (Å²) in [6.45, 7) is 6.68. The number of rotatable bonds is 9. The molecule has 0 unspecified atom stereocenters. The van der Waals surface area contributed by atoms with Crippen LogP contribution in [0, 0.1) is 13.8 Å². The molecule has 0 radical (unpaired) electrons. The number of allylic oxidation sites excluding steroid dienone is 2. The zero-order chi connectivity index (χ0) is 23.4. The average molecular weight is 450 g/mol. The molecular weight excluding hydrogens is 418 g/mol. The van der Waals surface area contributed by atoms with Crippen LogP contribution in [0.15, 0.2) is 34.8 Å². The Morgan fingerprint density at radius 2 is 2.09 bits per heavy atom. The molecule has 0 atom stereocenters. The van der Waals surface area contributed by atoms with E-state index in [1.807, 2.05) is 50.7 Å². The molecule has 7 heteroatoms. The zero-order valence-corrected chi connectivity index (χ0v) is 19.8. The van der Waals surface area contributed by atoms with Crippen LogP contribution in [0.2, 0.25) is 0 Å². The number of fused-ring (bicyclic) bond motifs is 1. The Bertz CT molecular complexity index is 1150. The highest BCUT2D eigenvalue weighted by Crippen LogP contribution is 2.35. The van der Waals surface area contributed by atoms with Gasteiger partial charge in [0.1, 0.15) is 17.2 Å². The lowest BCUT2D eigenvalue weighted by Crippen LogP contribution is -2.09. The van der Waals surface area contributed by atoms with E-state index < -0.39 is 0 Å². The van der Waals surface area contributed by atoms with Gasteiger partial charge in [-0.25, -0.2) is 4.98 Å². The van der Waals surface area contributed by atoms with Gasteiger partial charge in [0.25, 0.3) is 0 Å². The molecule has 4 rings (SSSR count). The summed E-state index contributed by atoms with van der Waals surface area (Å²) in [6.07, 6.45) is 5.83. The van der Waals surface area contributed by atoms with Gasteiger partial charge in [-0.3, -0.25) is 9.48 Å². The maximum atomic E-state index is 11.8. The largest absolute Gasteiger partial charge is 0.493 e. The second-order valence-electron chi connectivity index (χ2n) is 8.27. The number of carbonyl (C=O) groups is 1. The van der Waals surface area contributed by atoms with Gasteiger partial charge in [0.05, 0.1) is 18.9 Å². The van der Waals surface area contributed by atoms with Gasteiger partial charge in [0.2, 0.25) is 5.89 Å². The maximum Gasteiger partial charge on any atom is 0.306 e. The molecule has 1 aromatic carbocycles. The Labute approximate surface area is 194 Å². The molecule has 2 aromatic heterocycles. The number of benzene rings is 1. The Balaban J connectivity index is 1.40. The first kappa shape index (κ1) is 22.8. The molecule has 0 N–H and O–H groups in total. The number of oxazole rings is 1. The molecule has 7 nitrogen and oxygen atoms in total. The second kappa shape index (κ2) is 10.1. The van der Waals surface area contributed by atoms with Crippen LogP contribution < -0.4 is 4.74 Å². The third-order valence-electron chi connectivity index (χ3n) is 5.99. The molecule has 0 spiro atoms. The van der Waals surface area contributed by atoms with Gasteiger partial charge in [0.15, 0.2) is 0 Å². The second-order valence-corrected chi connectivity index (χ2v) is 8.27. The number of esters is 1. The summed E-state index contributed by atoms with van der Waals surface area (Å²) in [4.78, 5) is 16.4. The number of hydrogen-bond acceptors (Lipinski definition) is 6. The van der Waals surface area contributed by atoms with Crippen LogP contribution in [0.25, 0.3) is 17.2 Å². The van der Waals surface area contributed by atoms with E-state index >= 15 is 0 Å². The molecule has 3 aromatic rings. The summed E-state index contributed by atoms with van der Waals surface area (Å²) < 4.78 is 18.9. The molecule has 1 aliphatic carbocycles. The van der Waals surface area contributed by atoms with Gasteiger partial charge in [-0.05, 0) is 63.3 Å². The first-order valence-corrected chi connectivity index (χ1v) is 11.5. The van der Waals surface area contributed by atoms with Crippen molar-refractivity contribution in [2.24, 2.45) is 7.05 Å². The highest BCUT2D eigenvalue weighted by molar-refractivity contribution is 5.77. The molecular formula is C26H31N3O4. The van der Waals surface area contributed by atoms with Crippen LogP contribution in [0.3, 0.4) is 0 Å². The van der Waals surface area contributed by atoms with E-state index in [0.717, 1.165) is 41.4 Å². The lowest BCUT2D eigenvalue weighted by molar-refractivity contribution is -0.142. The monoisotopic (exact) mass is 449 g/mol. The number of nitrogens with zero attached hydrogens (tertiary/aromatic N) is 3. The standard InChI is InChI=1S/C26H31N3O4/c1-5-31-25(30)13-12-19-8-6-10-21-20(19)9-7-11-24(21)32-15-14-22-18(3)33-26(27-22)23-16-17(2)29(4)28-23/h7-9,11,16H,5-6,10,12-15H2,1-4H3. The van der Waals surface area contributed by atoms with Gasteiger partial charge >= 0.3 is 5.97 Å². The number of aromatic nitrogens is 3. The van der Waals surface area contributed by atoms with Crippen LogP contribution in [0.4, 0.5) is 0 Å². The fourth-order valence-corrected chi connectivity index (χ4v) is 4.16. The third kappa shape index (κ3) is 5.18. The van der Waals surface area contributed by atoms with Gasteiger partial charge in [-0.2, -0.15) is 5.10 Å². The van der Waals surface area contributed by atoms with E-state index in [9.17, 15) is 4.79 Å². The fraction of sp³-hybridized carbons (Fsp3) is 0.423. The summed E-state index contributed by atoms with van der Waals surface area (Å²) in [7, 11) is 1.90. The Morgan fingerprint density at radius 1 is 1.24 bits per heavy atom. The van der Waals surface area contributed by atoms with Crippen molar-refractivity contribution in [3.63, 3.8) is 0 Å². The topological polar surface area (TPSA) is 79.4 Å². The Morgan fingerprint density at radius 3 is 2.85 bits per heavy atom. The molecule has 2 heterocycles. The van der Waals surface area contributed by atoms with E-state index in [0.29, 0.717) is 38.4 Å². The highest BCUT2D eigenvalue weighted by atomic mass is 16.5. The predicted molar refractivity (Wildman–Crippen MR) is 126 cm³/mol. The zero-order valence-electron chi connectivity index (χ0n) is 19.8. The van der Waals surface area contributed by atoms with Crippen molar-refractivity contribution >= 4 is 11.5 Å². The predicted octanol–water partition coefficient (Wildman–Crippen LogP) is 4.99. The first-order valence-electron chi connectivity index (χ1n) is 11.5. The van der Waals surface area contributed by atoms with E-state index in [1.165, 1.54) is 16.7 Å². The number of ether oxygens (including phenoxy) is 2. The molecule has 0 amide bonds. The number of aryl methyl sites for hydroxylation is 3. The van der Waals surface area contributed by atoms with Crippen LogP contribution in [0.1, 0.15) is 54.5 Å². The quantitative estimate of drug-likeness (QED) is 0.429. The minimum absolute atomic E-state index is 0.152. The molecule has 1 aliphatic rings. The van der Waals surface area contributed by atoms with Crippen LogP contribution in [-0.2, 0) is 29.4 Å². The van der Waals surface area contributed by atoms with E-state index in [4.69, 9.17) is 13.9 Å². The van der Waals surface area contributed by atoms with Gasteiger partial charge in [-0.15, -0.1) is 0 Å². The van der Waals surface area contributed by atoms with Crippen molar-refractivity contribution in [2.45, 2.75) is 52.9 Å². The first-order chi connectivity index (χ1) is 16.0. The molecule has 33 heavy (non-hydrogen) atoms. The van der Waals surface area contributed by atoms with Crippen molar-refractivity contribution in [1.82, 2.24) is 14.8 Å². The third-order valence-corrected chi connectivity index (χ3v) is 5.99. The van der Waals surface area contributed by atoms with Crippen molar-refractivity contribution in [3.05, 3.63) is 58.6 Å². The Kier molecular flexibility index (Phi) is 6.96. The van der Waals surface area contributed by atoms with Crippen LogP contribution in [-0.4, -0.2) is 33.9 Å². The fourth-order valence-electron chi connectivity index (χ4n) is 4.16. The highest BCUT2D eigenvalue weighted by Gasteiger charge is 2.19. The number of carbonyl (C=O) groups excluding carboxylic acids is 1. The van der Waals surface area contributed by atoms with E-state index in [2.05, 4.69) is 22.2 Å². The van der Waals surface area contributed by atoms with Gasteiger partial charge < -0.3 is 13.9 Å². The smallest absolute Gasteiger partial charge is 0.306 e. The SMILES string of the molecule is CCOC(=O)CCC1=CCCc2c(OCCc3nc(-c4cc(C)n(C)n4)oc3C)cccc21. The van der Waals surface area contributed by atoms with Crippen molar-refractivity contribution < 1.29 is 18.7 Å². The van der Waals surface area contributed by atoms with Gasteiger partial charge in [0, 0.05) is 31.1 Å². The molecule has 0 bridgehead atoms. The van der Waals surface area contributed by atoms with Gasteiger partial charge in [-0.1, -0.05) is 18.2 Å². The van der Waals surface area contributed by atoms with E-state index in [1.54, 1.807) is 0 Å². The maximum absolute atomic E-state index is 11.8. The Hall–Kier alpha value is -3.35. The van der Waals surface area contributed by atoms with Crippen molar-refractivity contribution in [1.29, 1.82) is 0 Å².